The number of aliphatic hydroxyl groups excluding tert-OH is 1. The normalized spacial score (nSPS) is 11.8. The zero-order valence-corrected chi connectivity index (χ0v) is 12.2. The van der Waals surface area contributed by atoms with Gasteiger partial charge >= 0.3 is 0 Å². The van der Waals surface area contributed by atoms with E-state index in [-0.39, 0.29) is 6.61 Å². The molecule has 0 unspecified atom stereocenters. The Hall–Kier alpha value is -1.09. The van der Waals surface area contributed by atoms with Crippen molar-refractivity contribution in [1.29, 1.82) is 0 Å². The van der Waals surface area contributed by atoms with E-state index in [1.807, 2.05) is 6.08 Å². The van der Waals surface area contributed by atoms with Crippen LogP contribution in [0.4, 0.5) is 0 Å². The van der Waals surface area contributed by atoms with Crippen LogP contribution < -0.4 is 0 Å². The Bertz CT molecular complexity index is 261. The summed E-state index contributed by atoms with van der Waals surface area (Å²) in [5.41, 5.74) is 2.86. The van der Waals surface area contributed by atoms with Crippen molar-refractivity contribution in [3.63, 3.8) is 0 Å². The second-order valence-electron chi connectivity index (χ2n) is 4.26. The number of carboxylic acid groups (broad SMARTS) is 1. The van der Waals surface area contributed by atoms with Gasteiger partial charge in [0.15, 0.2) is 0 Å². The van der Waals surface area contributed by atoms with Gasteiger partial charge in [-0.1, -0.05) is 43.6 Å². The lowest BCUT2D eigenvalue weighted by Gasteiger charge is -2.04. The van der Waals surface area contributed by atoms with Crippen LogP contribution in [0, 0.1) is 0 Å². The highest BCUT2D eigenvalue weighted by atomic mass is 16.4. The van der Waals surface area contributed by atoms with Crippen molar-refractivity contribution < 1.29 is 15.0 Å². The highest BCUT2D eigenvalue weighted by Gasteiger charge is 1.94. The third-order valence-electron chi connectivity index (χ3n) is 2.47. The van der Waals surface area contributed by atoms with E-state index >= 15 is 0 Å². The van der Waals surface area contributed by atoms with E-state index in [9.17, 15) is 0 Å². The SMILES string of the molecule is CC(=O)O.CCCC(=CCO)CCC=C(C)CC. The maximum Gasteiger partial charge on any atom is 0.300 e. The molecule has 0 heterocycles. The lowest BCUT2D eigenvalue weighted by atomic mass is 10.0. The van der Waals surface area contributed by atoms with Gasteiger partial charge < -0.3 is 10.2 Å². The first-order chi connectivity index (χ1) is 8.47. The standard InChI is InChI=1S/C13H24O.C2H4O2/c1-4-7-13(10-11-14)9-6-8-12(3)5-2;1-2(3)4/h8,10,14H,4-7,9,11H2,1-3H3;1H3,(H,3,4). The second-order valence-corrected chi connectivity index (χ2v) is 4.26. The predicted molar refractivity (Wildman–Crippen MR) is 76.7 cm³/mol. The molecular formula is C15H28O3. The summed E-state index contributed by atoms with van der Waals surface area (Å²) < 4.78 is 0. The van der Waals surface area contributed by atoms with E-state index in [4.69, 9.17) is 15.0 Å². The van der Waals surface area contributed by atoms with Crippen molar-refractivity contribution in [1.82, 2.24) is 0 Å². The molecule has 0 aliphatic heterocycles. The fourth-order valence-electron chi connectivity index (χ4n) is 1.43. The molecule has 0 atom stereocenters. The lowest BCUT2D eigenvalue weighted by molar-refractivity contribution is -0.134. The molecule has 0 aromatic carbocycles. The first-order valence-electron chi connectivity index (χ1n) is 6.61. The topological polar surface area (TPSA) is 57.5 Å². The van der Waals surface area contributed by atoms with Crippen LogP contribution in [0.1, 0.15) is 59.8 Å². The van der Waals surface area contributed by atoms with Crippen molar-refractivity contribution in [2.75, 3.05) is 6.61 Å². The Morgan fingerprint density at radius 1 is 1.11 bits per heavy atom. The Morgan fingerprint density at radius 3 is 2.06 bits per heavy atom. The van der Waals surface area contributed by atoms with Crippen LogP contribution in [-0.4, -0.2) is 22.8 Å². The van der Waals surface area contributed by atoms with Gasteiger partial charge in [-0.05, 0) is 32.6 Å². The molecule has 2 N–H and O–H groups in total. The zero-order chi connectivity index (χ0) is 14.4. The number of allylic oxidation sites excluding steroid dienone is 3. The number of rotatable bonds is 7. The average molecular weight is 256 g/mol. The summed E-state index contributed by atoms with van der Waals surface area (Å²) in [4.78, 5) is 9.00. The van der Waals surface area contributed by atoms with Crippen LogP contribution in [0.2, 0.25) is 0 Å². The van der Waals surface area contributed by atoms with Gasteiger partial charge in [0.05, 0.1) is 6.61 Å². The summed E-state index contributed by atoms with van der Waals surface area (Å²) in [6.07, 6.45) is 9.92. The zero-order valence-electron chi connectivity index (χ0n) is 12.2. The molecule has 0 radical (unpaired) electrons. The number of hydrogen-bond donors (Lipinski definition) is 2. The molecule has 0 aromatic heterocycles. The first kappa shape index (κ1) is 19.3. The summed E-state index contributed by atoms with van der Waals surface area (Å²) in [5, 5.41) is 16.2. The van der Waals surface area contributed by atoms with E-state index in [0.717, 1.165) is 32.6 Å². The number of aliphatic carboxylic acids is 1. The molecule has 0 aliphatic rings. The van der Waals surface area contributed by atoms with Crippen molar-refractivity contribution in [3.05, 3.63) is 23.3 Å². The molecular weight excluding hydrogens is 228 g/mol. The van der Waals surface area contributed by atoms with Gasteiger partial charge in [-0.25, -0.2) is 0 Å². The highest BCUT2D eigenvalue weighted by molar-refractivity contribution is 5.62. The van der Waals surface area contributed by atoms with E-state index in [1.54, 1.807) is 0 Å². The molecule has 0 saturated carbocycles. The Balaban J connectivity index is 0. The average Bonchev–Trinajstić information content (AvgIpc) is 2.28. The van der Waals surface area contributed by atoms with E-state index in [0.29, 0.717) is 0 Å². The van der Waals surface area contributed by atoms with Gasteiger partial charge in [0.25, 0.3) is 5.97 Å². The highest BCUT2D eigenvalue weighted by Crippen LogP contribution is 2.13. The van der Waals surface area contributed by atoms with Gasteiger partial charge in [0, 0.05) is 6.92 Å². The van der Waals surface area contributed by atoms with Gasteiger partial charge in [-0.3, -0.25) is 4.79 Å². The van der Waals surface area contributed by atoms with Crippen molar-refractivity contribution in [2.24, 2.45) is 0 Å². The molecule has 3 nitrogen and oxygen atoms in total. The first-order valence-corrected chi connectivity index (χ1v) is 6.61. The van der Waals surface area contributed by atoms with Gasteiger partial charge in [0.2, 0.25) is 0 Å². The minimum Gasteiger partial charge on any atom is -0.481 e. The summed E-state index contributed by atoms with van der Waals surface area (Å²) in [5.74, 6) is -0.833. The summed E-state index contributed by atoms with van der Waals surface area (Å²) in [6.45, 7) is 7.81. The Labute approximate surface area is 111 Å². The maximum atomic E-state index is 9.00. The van der Waals surface area contributed by atoms with Gasteiger partial charge in [-0.15, -0.1) is 0 Å². The van der Waals surface area contributed by atoms with Crippen LogP contribution in [0.15, 0.2) is 23.3 Å². The molecule has 3 heteroatoms. The minimum atomic E-state index is -0.833. The number of aliphatic hydroxyl groups is 1. The van der Waals surface area contributed by atoms with Gasteiger partial charge in [0.1, 0.15) is 0 Å². The third-order valence-corrected chi connectivity index (χ3v) is 2.47. The summed E-state index contributed by atoms with van der Waals surface area (Å²) in [6, 6.07) is 0. The molecule has 0 spiro atoms. The van der Waals surface area contributed by atoms with Crippen molar-refractivity contribution in [3.8, 4) is 0 Å². The van der Waals surface area contributed by atoms with Crippen LogP contribution in [0.3, 0.4) is 0 Å². The monoisotopic (exact) mass is 256 g/mol. The second kappa shape index (κ2) is 14.0. The Morgan fingerprint density at radius 2 is 1.67 bits per heavy atom. The molecule has 0 aromatic rings. The summed E-state index contributed by atoms with van der Waals surface area (Å²) in [7, 11) is 0. The third kappa shape index (κ3) is 17.3. The fraction of sp³-hybridized carbons (Fsp3) is 0.667. The van der Waals surface area contributed by atoms with Crippen LogP contribution in [0.5, 0.6) is 0 Å². The van der Waals surface area contributed by atoms with Crippen LogP contribution in [0.25, 0.3) is 0 Å². The minimum absolute atomic E-state index is 0.186. The number of hydrogen-bond acceptors (Lipinski definition) is 2. The maximum absolute atomic E-state index is 9.00. The molecule has 0 amide bonds. The lowest BCUT2D eigenvalue weighted by Crippen LogP contribution is -1.86. The predicted octanol–water partition coefficient (Wildman–Crippen LogP) is 3.93. The van der Waals surface area contributed by atoms with E-state index < -0.39 is 5.97 Å². The van der Waals surface area contributed by atoms with E-state index in [2.05, 4.69) is 26.8 Å². The fourth-order valence-corrected chi connectivity index (χ4v) is 1.43. The molecule has 0 aliphatic carbocycles. The number of carbonyl (C=O) groups is 1. The molecule has 0 saturated heterocycles. The Kier molecular flexibility index (Phi) is 14.9. The molecule has 0 fully saturated rings. The quantitative estimate of drug-likeness (QED) is 0.678. The van der Waals surface area contributed by atoms with E-state index in [1.165, 1.54) is 17.6 Å². The van der Waals surface area contributed by atoms with Gasteiger partial charge in [-0.2, -0.15) is 0 Å². The van der Waals surface area contributed by atoms with Crippen LogP contribution >= 0.6 is 0 Å². The van der Waals surface area contributed by atoms with Crippen LogP contribution in [-0.2, 0) is 4.79 Å². The largest absolute Gasteiger partial charge is 0.481 e. The van der Waals surface area contributed by atoms with Crippen molar-refractivity contribution >= 4 is 5.97 Å². The summed E-state index contributed by atoms with van der Waals surface area (Å²) >= 11 is 0. The molecule has 0 bridgehead atoms. The smallest absolute Gasteiger partial charge is 0.300 e. The molecule has 18 heavy (non-hydrogen) atoms. The number of carboxylic acids is 1. The molecule has 106 valence electrons. The molecule has 0 rings (SSSR count). The van der Waals surface area contributed by atoms with Crippen molar-refractivity contribution in [2.45, 2.75) is 59.8 Å².